The Bertz CT molecular complexity index is 1070. The molecule has 10 heteroatoms. The molecule has 3 rings (SSSR count). The number of hydrogen-bond acceptors (Lipinski definition) is 6. The van der Waals surface area contributed by atoms with E-state index < -0.39 is 10.9 Å². The zero-order valence-electron chi connectivity index (χ0n) is 14.5. The molecule has 0 bridgehead atoms. The van der Waals surface area contributed by atoms with Crippen molar-refractivity contribution in [2.45, 2.75) is 6.42 Å². The summed E-state index contributed by atoms with van der Waals surface area (Å²) in [6.45, 7) is 0. The minimum Gasteiger partial charge on any atom is -0.493 e. The van der Waals surface area contributed by atoms with Gasteiger partial charge in [0.25, 0.3) is 5.56 Å². The lowest BCUT2D eigenvalue weighted by Gasteiger charge is -2.11. The summed E-state index contributed by atoms with van der Waals surface area (Å²) in [6, 6.07) is 10.3. The molecule has 0 saturated heterocycles. The van der Waals surface area contributed by atoms with Crippen LogP contribution in [0.5, 0.6) is 11.5 Å². The fourth-order valence-corrected chi connectivity index (χ4v) is 3.03. The Morgan fingerprint density at radius 1 is 1.04 bits per heavy atom. The van der Waals surface area contributed by atoms with Crippen LogP contribution >= 0.6 is 12.4 Å². The van der Waals surface area contributed by atoms with Gasteiger partial charge in [0.1, 0.15) is 0 Å². The first-order valence-electron chi connectivity index (χ1n) is 7.65. The van der Waals surface area contributed by atoms with E-state index in [2.05, 4.69) is 14.9 Å². The third kappa shape index (κ3) is 4.50. The highest BCUT2D eigenvalue weighted by Gasteiger charge is 2.13. The molecule has 8 nitrogen and oxygen atoms in total. The summed E-state index contributed by atoms with van der Waals surface area (Å²) in [6.07, 6.45) is 0.451. The fraction of sp³-hybridized carbons (Fsp3) is 0.176. The Morgan fingerprint density at radius 3 is 2.19 bits per heavy atom. The Hall–Kier alpha value is -2.78. The number of hydrogen-bond donors (Lipinski definition) is 3. The van der Waals surface area contributed by atoms with Crippen LogP contribution in [0.3, 0.4) is 0 Å². The molecule has 0 saturated carbocycles. The number of H-pyrrole nitrogens is 1. The second kappa shape index (κ2) is 8.74. The number of nitrogens with one attached hydrogen (secondary N) is 2. The zero-order chi connectivity index (χ0) is 18.7. The first-order chi connectivity index (χ1) is 12.5. The van der Waals surface area contributed by atoms with Crippen molar-refractivity contribution in [1.29, 1.82) is 0 Å². The number of fused-ring (bicyclic) bond motifs is 1. The van der Waals surface area contributed by atoms with E-state index in [4.69, 9.17) is 9.47 Å². The number of aromatic nitrogens is 2. The summed E-state index contributed by atoms with van der Waals surface area (Å²) in [5.41, 5.74) is 1.74. The van der Waals surface area contributed by atoms with Gasteiger partial charge in [-0.15, -0.1) is 12.4 Å². The normalized spacial score (nSPS) is 10.5. The second-order valence-corrected chi connectivity index (χ2v) is 6.23. The maximum Gasteiger partial charge on any atom is 0.272 e. The largest absolute Gasteiger partial charge is 0.493 e. The summed E-state index contributed by atoms with van der Waals surface area (Å²) in [7, 11) is 0.329. The van der Waals surface area contributed by atoms with Gasteiger partial charge in [0.15, 0.2) is 11.5 Å². The van der Waals surface area contributed by atoms with Crippen molar-refractivity contribution >= 4 is 39.8 Å². The molecule has 27 heavy (non-hydrogen) atoms. The van der Waals surface area contributed by atoms with E-state index in [0.29, 0.717) is 40.1 Å². The van der Waals surface area contributed by atoms with E-state index >= 15 is 0 Å². The number of nitrogens with zero attached hydrogens (tertiary/aromatic N) is 1. The van der Waals surface area contributed by atoms with Crippen molar-refractivity contribution in [1.82, 2.24) is 10.2 Å². The molecule has 0 aliphatic rings. The first kappa shape index (κ1) is 20.5. The van der Waals surface area contributed by atoms with Crippen molar-refractivity contribution in [3.05, 3.63) is 58.0 Å². The first-order valence-corrected chi connectivity index (χ1v) is 8.83. The van der Waals surface area contributed by atoms with Gasteiger partial charge in [0.2, 0.25) is 10.9 Å². The lowest BCUT2D eigenvalue weighted by molar-refractivity contribution is 0.356. The minimum absolute atomic E-state index is 0. The molecule has 1 heterocycles. The quantitative estimate of drug-likeness (QED) is 0.534. The lowest BCUT2D eigenvalue weighted by Crippen LogP contribution is -2.12. The average Bonchev–Trinajstić information content (AvgIpc) is 2.64. The topological polar surface area (TPSA) is 110 Å². The zero-order valence-corrected chi connectivity index (χ0v) is 16.2. The van der Waals surface area contributed by atoms with Crippen molar-refractivity contribution in [2.75, 3.05) is 18.9 Å². The number of thiol groups is 1. The highest BCUT2D eigenvalue weighted by molar-refractivity contribution is 7.73. The molecule has 144 valence electrons. The van der Waals surface area contributed by atoms with E-state index in [1.807, 2.05) is 0 Å². The van der Waals surface area contributed by atoms with Crippen LogP contribution in [-0.2, 0) is 17.3 Å². The molecule has 0 unspecified atom stereocenters. The number of halogens is 1. The SMILES string of the molecule is COc1cc2c(Cc3ccc(N[SH](=O)=O)cc3)n[nH]c(=O)c2cc1OC.Cl. The number of aromatic amines is 1. The Morgan fingerprint density at radius 2 is 1.63 bits per heavy atom. The smallest absolute Gasteiger partial charge is 0.272 e. The highest BCUT2D eigenvalue weighted by Crippen LogP contribution is 2.32. The molecule has 3 aromatic rings. The average molecular weight is 412 g/mol. The minimum atomic E-state index is -2.70. The van der Waals surface area contributed by atoms with E-state index in [-0.39, 0.29) is 18.0 Å². The summed E-state index contributed by atoms with van der Waals surface area (Å²) >= 11 is 0. The van der Waals surface area contributed by atoms with Crippen LogP contribution in [0.25, 0.3) is 10.8 Å². The molecular weight excluding hydrogens is 394 g/mol. The van der Waals surface area contributed by atoms with Crippen LogP contribution in [0.15, 0.2) is 41.2 Å². The van der Waals surface area contributed by atoms with E-state index in [1.54, 1.807) is 36.4 Å². The predicted molar refractivity (Wildman–Crippen MR) is 106 cm³/mol. The summed E-state index contributed by atoms with van der Waals surface area (Å²) in [5, 5.41) is 7.77. The summed E-state index contributed by atoms with van der Waals surface area (Å²) < 4.78 is 34.3. The van der Waals surface area contributed by atoms with E-state index in [1.165, 1.54) is 14.2 Å². The molecule has 0 aliphatic carbocycles. The van der Waals surface area contributed by atoms with Gasteiger partial charge in [-0.25, -0.2) is 13.5 Å². The number of anilines is 1. The summed E-state index contributed by atoms with van der Waals surface area (Å²) in [5.74, 6) is 0.970. The van der Waals surface area contributed by atoms with Crippen molar-refractivity contribution in [3.63, 3.8) is 0 Å². The van der Waals surface area contributed by atoms with Gasteiger partial charge < -0.3 is 9.47 Å². The third-order valence-corrected chi connectivity index (χ3v) is 4.36. The van der Waals surface area contributed by atoms with Crippen LogP contribution in [-0.4, -0.2) is 32.8 Å². The number of benzene rings is 2. The Kier molecular flexibility index (Phi) is 6.65. The Balaban J connectivity index is 0.00000261. The van der Waals surface area contributed by atoms with Crippen LogP contribution in [0.1, 0.15) is 11.3 Å². The number of methoxy groups -OCH3 is 2. The molecule has 0 radical (unpaired) electrons. The molecule has 0 aliphatic heterocycles. The summed E-state index contributed by atoms with van der Waals surface area (Å²) in [4.78, 5) is 12.1. The third-order valence-electron chi connectivity index (χ3n) is 3.92. The van der Waals surface area contributed by atoms with Gasteiger partial charge >= 0.3 is 0 Å². The van der Waals surface area contributed by atoms with Gasteiger partial charge in [-0.1, -0.05) is 12.1 Å². The standard InChI is InChI=1S/C17H17N3O5S.ClH/c1-24-15-8-12-13(9-16(15)25-2)17(21)19-18-14(12)7-10-3-5-11(6-4-10)20-26(22)23;/h3-6,8-9,26H,7H2,1-2H3,(H,19,21)(H,20,22,23);1H. The predicted octanol–water partition coefficient (Wildman–Crippen LogP) is 1.89. The van der Waals surface area contributed by atoms with Gasteiger partial charge in [0.05, 0.1) is 25.3 Å². The van der Waals surface area contributed by atoms with Gasteiger partial charge in [0, 0.05) is 17.5 Å². The molecule has 0 amide bonds. The molecule has 0 fully saturated rings. The van der Waals surface area contributed by atoms with Crippen molar-refractivity contribution < 1.29 is 17.9 Å². The molecule has 0 spiro atoms. The fourth-order valence-electron chi connectivity index (χ4n) is 2.67. The monoisotopic (exact) mass is 411 g/mol. The molecule has 2 aromatic carbocycles. The van der Waals surface area contributed by atoms with E-state index in [0.717, 1.165) is 5.56 Å². The number of ether oxygens (including phenoxy) is 2. The lowest BCUT2D eigenvalue weighted by atomic mass is 10.0. The number of rotatable bonds is 6. The molecule has 2 N–H and O–H groups in total. The Labute approximate surface area is 163 Å². The van der Waals surface area contributed by atoms with Crippen molar-refractivity contribution in [3.8, 4) is 11.5 Å². The maximum atomic E-state index is 12.1. The second-order valence-electron chi connectivity index (χ2n) is 5.49. The van der Waals surface area contributed by atoms with Gasteiger partial charge in [-0.05, 0) is 29.8 Å². The molecule has 0 atom stereocenters. The van der Waals surface area contributed by atoms with Gasteiger partial charge in [-0.2, -0.15) is 5.10 Å². The van der Waals surface area contributed by atoms with Crippen LogP contribution < -0.4 is 19.8 Å². The van der Waals surface area contributed by atoms with Gasteiger partial charge in [-0.3, -0.25) is 9.52 Å². The van der Waals surface area contributed by atoms with Crippen LogP contribution in [0.2, 0.25) is 0 Å². The van der Waals surface area contributed by atoms with Crippen LogP contribution in [0, 0.1) is 0 Å². The molecular formula is C17H18ClN3O5S. The van der Waals surface area contributed by atoms with Crippen LogP contribution in [0.4, 0.5) is 5.69 Å². The van der Waals surface area contributed by atoms with Crippen molar-refractivity contribution in [2.24, 2.45) is 0 Å². The highest BCUT2D eigenvalue weighted by atomic mass is 35.5. The molecule has 1 aromatic heterocycles. The van der Waals surface area contributed by atoms with E-state index in [9.17, 15) is 13.2 Å². The maximum absolute atomic E-state index is 12.1.